The maximum absolute atomic E-state index is 17.1. The fourth-order valence-corrected chi connectivity index (χ4v) is 12.5. The van der Waals surface area contributed by atoms with Crippen molar-refractivity contribution in [3.05, 3.63) is 94.3 Å². The predicted molar refractivity (Wildman–Crippen MR) is 331 cm³/mol. The van der Waals surface area contributed by atoms with Crippen molar-refractivity contribution in [3.63, 3.8) is 0 Å². The Bertz CT molecular complexity index is 3380. The molecule has 0 unspecified atom stereocenters. The number of aliphatic hydroxyl groups excluding tert-OH is 2. The lowest BCUT2D eigenvalue weighted by Gasteiger charge is -2.36. The van der Waals surface area contributed by atoms with Gasteiger partial charge >= 0.3 is 6.01 Å². The number of thiazole rings is 1. The summed E-state index contributed by atoms with van der Waals surface area (Å²) in [4.78, 5) is 74.6. The van der Waals surface area contributed by atoms with E-state index in [0.717, 1.165) is 47.6 Å². The molecule has 6 N–H and O–H groups in total. The number of rotatable bonds is 26. The number of phenolic OH excluding ortho intramolecular Hbond substituents is 1. The maximum Gasteiger partial charge on any atom is 0.319 e. The third-order valence-corrected chi connectivity index (χ3v) is 17.2. The van der Waals surface area contributed by atoms with Crippen molar-refractivity contribution >= 4 is 74.1 Å². The summed E-state index contributed by atoms with van der Waals surface area (Å²) in [5.74, 6) is -2.57. The summed E-state index contributed by atoms with van der Waals surface area (Å²) >= 11 is 8.49. The van der Waals surface area contributed by atoms with Crippen molar-refractivity contribution in [3.8, 4) is 33.3 Å². The summed E-state index contributed by atoms with van der Waals surface area (Å²) in [6, 6.07) is 18.1. The molecule has 6 aromatic rings. The number of carbonyl (C=O) groups is 4. The van der Waals surface area contributed by atoms with Crippen LogP contribution < -0.4 is 20.3 Å². The largest absolute Gasteiger partial charge is 0.508 e. The lowest BCUT2D eigenvalue weighted by molar-refractivity contribution is -0.159. The zero-order valence-corrected chi connectivity index (χ0v) is 51.9. The Morgan fingerprint density at radius 1 is 0.864 bits per heavy atom. The van der Waals surface area contributed by atoms with Gasteiger partial charge in [0.15, 0.2) is 5.82 Å². The Morgan fingerprint density at radius 3 is 2.24 bits per heavy atom. The number of piperidine rings is 1. The zero-order valence-electron chi connectivity index (χ0n) is 50.3. The molecule has 0 bridgehead atoms. The predicted octanol–water partition coefficient (Wildman–Crippen LogP) is 5.49. The topological polar surface area (TPSA) is 271 Å². The highest BCUT2D eigenvalue weighted by Gasteiger charge is 2.44. The number of piperazine rings is 1. The fraction of sp³-hybridized carbons (Fsp3) is 0.508. The molecule has 3 aliphatic heterocycles. The maximum atomic E-state index is 17.1. The number of phenols is 1. The Labute approximate surface area is 519 Å². The van der Waals surface area contributed by atoms with Crippen LogP contribution in [0.4, 0.5) is 10.2 Å². The molecule has 4 atom stereocenters. The summed E-state index contributed by atoms with van der Waals surface area (Å²) in [5, 5.41) is 47.8. The molecule has 0 saturated carbocycles. The Morgan fingerprint density at radius 2 is 1.56 bits per heavy atom. The van der Waals surface area contributed by atoms with E-state index in [4.69, 9.17) is 40.3 Å². The molecule has 3 fully saturated rings. The fourth-order valence-electron chi connectivity index (χ4n) is 11.4. The quantitative estimate of drug-likeness (QED) is 0.0290. The third kappa shape index (κ3) is 16.8. The standard InChI is InChI=1S/C63H79ClFN9O13S/c1-38(87-62-69-54-48(57(70-62)72-20-22-73(23-21-72)60(80)61(81)82)33-49(64)52(53(54)65)47-31-43(75)30-42-8-6-7-9-46(42)47)34-71-18-15-45(16-19-71)86-29-28-84-25-24-83-26-27-85-36-51(77)68-56(63(3,4)5)59(79)74-35-44(76)32-50(74)58(78)66-17-14-40-10-12-41(13-11-40)55-39(2)67-37-88-55/h6-13,30-31,33,37-38,44-45,50,56,61,75-76,81-82H,14-29,32,34-36H2,1-5H3,(H,66,78)(H,68,77)/t38-,44+,50+,56-/m1/s1. The average Bonchev–Trinajstić information content (AvgIpc) is 1.63. The van der Waals surface area contributed by atoms with Crippen LogP contribution >= 0.6 is 22.9 Å². The van der Waals surface area contributed by atoms with Gasteiger partial charge in [-0.25, -0.2) is 9.37 Å². The summed E-state index contributed by atoms with van der Waals surface area (Å²) in [6.07, 6.45) is -1.15. The first-order chi connectivity index (χ1) is 42.2. The number of aromatic nitrogens is 3. The second-order valence-corrected chi connectivity index (χ2v) is 24.8. The van der Waals surface area contributed by atoms with E-state index in [2.05, 4.69) is 25.5 Å². The Kier molecular flexibility index (Phi) is 22.6. The third-order valence-electron chi connectivity index (χ3n) is 15.9. The molecular formula is C63H79ClFN9O13S. The van der Waals surface area contributed by atoms with Crippen LogP contribution in [0.2, 0.25) is 5.02 Å². The normalized spacial score (nSPS) is 17.7. The van der Waals surface area contributed by atoms with Gasteiger partial charge in [-0.05, 0) is 84.2 Å². The lowest BCUT2D eigenvalue weighted by Crippen LogP contribution is -2.58. The van der Waals surface area contributed by atoms with E-state index in [9.17, 15) is 39.6 Å². The van der Waals surface area contributed by atoms with Crippen LogP contribution in [0, 0.1) is 18.2 Å². The second kappa shape index (κ2) is 30.2. The molecule has 3 aliphatic rings. The van der Waals surface area contributed by atoms with Crippen LogP contribution in [0.1, 0.15) is 58.2 Å². The number of fused-ring (bicyclic) bond motifs is 2. The summed E-state index contributed by atoms with van der Waals surface area (Å²) < 4.78 is 46.6. The molecule has 4 aromatic carbocycles. The average molecular weight is 1260 g/mol. The molecule has 25 heteroatoms. The van der Waals surface area contributed by atoms with Crippen molar-refractivity contribution in [1.29, 1.82) is 0 Å². The highest BCUT2D eigenvalue weighted by atomic mass is 35.5. The van der Waals surface area contributed by atoms with E-state index in [1.54, 1.807) is 23.5 Å². The molecule has 0 radical (unpaired) electrons. The monoisotopic (exact) mass is 1260 g/mol. The van der Waals surface area contributed by atoms with Gasteiger partial charge in [0.1, 0.15) is 41.9 Å². The summed E-state index contributed by atoms with van der Waals surface area (Å²) in [6.45, 7) is 13.9. The first-order valence-corrected chi connectivity index (χ1v) is 31.1. The van der Waals surface area contributed by atoms with Crippen LogP contribution in [0.3, 0.4) is 0 Å². The number of carbonyl (C=O) groups excluding carboxylic acids is 4. The molecule has 2 aromatic heterocycles. The van der Waals surface area contributed by atoms with Crippen LogP contribution in [-0.4, -0.2) is 216 Å². The number of hydrogen-bond donors (Lipinski definition) is 6. The van der Waals surface area contributed by atoms with E-state index < -0.39 is 59.5 Å². The Hall–Kier alpha value is -6.71. The van der Waals surface area contributed by atoms with Gasteiger partial charge in [-0.3, -0.25) is 24.1 Å². The number of aromatic hydroxyl groups is 1. The number of nitrogens with zero attached hydrogens (tertiary/aromatic N) is 7. The van der Waals surface area contributed by atoms with Crippen LogP contribution in [0.5, 0.6) is 11.8 Å². The van der Waals surface area contributed by atoms with Crippen LogP contribution in [-0.2, 0) is 44.5 Å². The highest BCUT2D eigenvalue weighted by Crippen LogP contribution is 2.43. The second-order valence-electron chi connectivity index (χ2n) is 23.5. The van der Waals surface area contributed by atoms with Gasteiger partial charge in [0.2, 0.25) is 24.0 Å². The molecule has 88 heavy (non-hydrogen) atoms. The molecule has 0 spiro atoms. The number of aryl methyl sites for hydroxylation is 1. The number of hydrogen-bond acceptors (Lipinski definition) is 19. The van der Waals surface area contributed by atoms with E-state index in [-0.39, 0.29) is 98.8 Å². The number of likely N-dealkylation sites (tertiary alicyclic amines) is 2. The van der Waals surface area contributed by atoms with E-state index >= 15 is 4.39 Å². The van der Waals surface area contributed by atoms with Gasteiger partial charge in [0.05, 0.1) is 73.0 Å². The van der Waals surface area contributed by atoms with Gasteiger partial charge in [0.25, 0.3) is 5.91 Å². The first kappa shape index (κ1) is 65.7. The molecule has 474 valence electrons. The lowest BCUT2D eigenvalue weighted by atomic mass is 9.85. The minimum absolute atomic E-state index is 0.0270. The number of anilines is 1. The smallest absolute Gasteiger partial charge is 0.319 e. The van der Waals surface area contributed by atoms with E-state index in [1.807, 2.05) is 93.6 Å². The first-order valence-electron chi connectivity index (χ1n) is 29.8. The summed E-state index contributed by atoms with van der Waals surface area (Å²) in [7, 11) is 0. The molecule has 5 heterocycles. The molecule has 3 saturated heterocycles. The zero-order chi connectivity index (χ0) is 62.6. The van der Waals surface area contributed by atoms with E-state index in [0.29, 0.717) is 73.5 Å². The van der Waals surface area contributed by atoms with Crippen molar-refractivity contribution < 1.29 is 67.7 Å². The van der Waals surface area contributed by atoms with Crippen LogP contribution in [0.15, 0.2) is 72.2 Å². The van der Waals surface area contributed by atoms with E-state index in [1.165, 1.54) is 15.9 Å². The van der Waals surface area contributed by atoms with Gasteiger partial charge in [0, 0.05) is 76.3 Å². The minimum atomic E-state index is -2.13. The van der Waals surface area contributed by atoms with Crippen molar-refractivity contribution in [2.75, 3.05) is 110 Å². The number of aliphatic hydroxyl groups is 3. The molecular weight excluding hydrogens is 1180 g/mol. The Balaban J connectivity index is 0.663. The van der Waals surface area contributed by atoms with Crippen molar-refractivity contribution in [2.24, 2.45) is 5.41 Å². The molecule has 22 nitrogen and oxygen atoms in total. The number of nitrogens with one attached hydrogen (secondary N) is 2. The molecule has 9 rings (SSSR count). The highest BCUT2D eigenvalue weighted by molar-refractivity contribution is 7.13. The number of ether oxygens (including phenoxy) is 5. The number of β-amino-alcohol motifs (C(OH)–C–C–N with tert-alkyl or cyclic N) is 1. The SMILES string of the molecule is Cc1ncsc1-c1ccc(CCNC(=O)[C@@H]2C[C@H](O)CN2C(=O)[C@@H](NC(=O)COCCOCCOCCOC2CCN(C[C@@H](C)Oc3nc(N4CCN(C(=O)C(O)O)CC4)c4cc(Cl)c(-c5cc(O)cc6ccccc56)c(F)c4n3)CC2)C(C)(C)C)cc1. The van der Waals surface area contributed by atoms with Crippen molar-refractivity contribution in [2.45, 2.75) is 97.0 Å². The number of benzene rings is 4. The minimum Gasteiger partial charge on any atom is -0.508 e. The number of amides is 4. The van der Waals surface area contributed by atoms with Gasteiger partial charge in [-0.2, -0.15) is 9.97 Å². The van der Waals surface area contributed by atoms with Gasteiger partial charge in [-0.15, -0.1) is 11.3 Å². The molecule has 0 aliphatic carbocycles. The van der Waals surface area contributed by atoms with Gasteiger partial charge < -0.3 is 69.4 Å². The number of halogens is 2. The molecule has 4 amide bonds. The summed E-state index contributed by atoms with van der Waals surface area (Å²) in [5.41, 5.74) is 4.61. The van der Waals surface area contributed by atoms with Crippen LogP contribution in [0.25, 0.3) is 43.2 Å². The van der Waals surface area contributed by atoms with Crippen molar-refractivity contribution in [1.82, 2.24) is 40.3 Å². The van der Waals surface area contributed by atoms with Gasteiger partial charge in [-0.1, -0.05) is 80.9 Å².